The number of amides is 2. The van der Waals surface area contributed by atoms with Crippen LogP contribution in [0.25, 0.3) is 0 Å². The van der Waals surface area contributed by atoms with Crippen molar-refractivity contribution >= 4 is 11.8 Å². The first kappa shape index (κ1) is 23.3. The van der Waals surface area contributed by atoms with E-state index in [1.807, 2.05) is 67.6 Å². The maximum Gasteiger partial charge on any atom is 0.254 e. The molecule has 2 aromatic carbocycles. The molecule has 1 N–H and O–H groups in total. The summed E-state index contributed by atoms with van der Waals surface area (Å²) in [5.74, 6) is 0.517. The Morgan fingerprint density at radius 3 is 2.41 bits per heavy atom. The highest BCUT2D eigenvalue weighted by Gasteiger charge is 2.23. The standard InChI is InChI=1S/C27H32N2O3/c1-3-4-9-22-13-15-24(16-14-22)27(31)29(21(2)23-10-6-5-7-11-23)18-17-26(30)28-20-25-12-8-19-32-25/h5-8,10-16,19,21H,3-4,9,17-18,20H2,1-2H3,(H,28,30). The fourth-order valence-electron chi connectivity index (χ4n) is 3.65. The van der Waals surface area contributed by atoms with Crippen LogP contribution in [-0.2, 0) is 17.8 Å². The van der Waals surface area contributed by atoms with Crippen molar-refractivity contribution in [2.24, 2.45) is 0 Å². The van der Waals surface area contributed by atoms with Crippen LogP contribution in [0.4, 0.5) is 0 Å². The molecule has 0 radical (unpaired) electrons. The molecular formula is C27H32N2O3. The van der Waals surface area contributed by atoms with Crippen molar-refractivity contribution in [3.8, 4) is 0 Å². The molecule has 0 aliphatic rings. The van der Waals surface area contributed by atoms with Crippen LogP contribution >= 0.6 is 0 Å². The summed E-state index contributed by atoms with van der Waals surface area (Å²) >= 11 is 0. The van der Waals surface area contributed by atoms with Gasteiger partial charge < -0.3 is 14.6 Å². The molecule has 5 heteroatoms. The minimum atomic E-state index is -0.152. The smallest absolute Gasteiger partial charge is 0.254 e. The van der Waals surface area contributed by atoms with Crippen molar-refractivity contribution in [2.75, 3.05) is 6.54 Å². The second-order valence-corrected chi connectivity index (χ2v) is 7.99. The zero-order valence-corrected chi connectivity index (χ0v) is 18.9. The second kappa shape index (κ2) is 11.9. The SMILES string of the molecule is CCCCc1ccc(C(=O)N(CCC(=O)NCc2ccco2)C(C)c2ccccc2)cc1. The first-order valence-corrected chi connectivity index (χ1v) is 11.3. The van der Waals surface area contributed by atoms with Crippen LogP contribution in [0, 0.1) is 0 Å². The van der Waals surface area contributed by atoms with Crippen molar-refractivity contribution in [3.05, 3.63) is 95.4 Å². The summed E-state index contributed by atoms with van der Waals surface area (Å²) in [7, 11) is 0. The summed E-state index contributed by atoms with van der Waals surface area (Å²) in [6.07, 6.45) is 5.10. The van der Waals surface area contributed by atoms with Crippen LogP contribution < -0.4 is 5.32 Å². The van der Waals surface area contributed by atoms with Gasteiger partial charge in [0.2, 0.25) is 5.91 Å². The number of benzene rings is 2. The second-order valence-electron chi connectivity index (χ2n) is 7.99. The molecule has 5 nitrogen and oxygen atoms in total. The molecule has 3 aromatic rings. The Labute approximate surface area is 190 Å². The van der Waals surface area contributed by atoms with E-state index >= 15 is 0 Å². The molecule has 2 amide bonds. The summed E-state index contributed by atoms with van der Waals surface area (Å²) in [5.41, 5.74) is 2.92. The number of hydrogen-bond donors (Lipinski definition) is 1. The molecule has 0 saturated carbocycles. The molecule has 1 aromatic heterocycles. The predicted octanol–water partition coefficient (Wildman–Crippen LogP) is 5.53. The zero-order valence-electron chi connectivity index (χ0n) is 18.9. The van der Waals surface area contributed by atoms with Crippen molar-refractivity contribution in [2.45, 2.75) is 52.1 Å². The van der Waals surface area contributed by atoms with Gasteiger partial charge in [0, 0.05) is 18.5 Å². The minimum Gasteiger partial charge on any atom is -0.467 e. The highest BCUT2D eigenvalue weighted by molar-refractivity contribution is 5.94. The summed E-state index contributed by atoms with van der Waals surface area (Å²) in [6.45, 7) is 4.85. The number of nitrogens with zero attached hydrogens (tertiary/aromatic N) is 1. The van der Waals surface area contributed by atoms with E-state index in [-0.39, 0.29) is 24.3 Å². The lowest BCUT2D eigenvalue weighted by Gasteiger charge is -2.30. The Bertz CT molecular complexity index is 966. The number of furan rings is 1. The van der Waals surface area contributed by atoms with Gasteiger partial charge in [0.05, 0.1) is 18.8 Å². The summed E-state index contributed by atoms with van der Waals surface area (Å²) < 4.78 is 5.26. The van der Waals surface area contributed by atoms with E-state index in [0.717, 1.165) is 24.8 Å². The molecule has 0 saturated heterocycles. The molecule has 168 valence electrons. The molecule has 0 spiro atoms. The number of hydrogen-bond acceptors (Lipinski definition) is 3. The summed E-state index contributed by atoms with van der Waals surface area (Å²) in [4.78, 5) is 27.6. The Morgan fingerprint density at radius 1 is 1.00 bits per heavy atom. The summed E-state index contributed by atoms with van der Waals surface area (Å²) in [6, 6.07) is 21.2. The Kier molecular flexibility index (Phi) is 8.67. The van der Waals surface area contributed by atoms with E-state index in [0.29, 0.717) is 24.4 Å². The van der Waals surface area contributed by atoms with E-state index in [9.17, 15) is 9.59 Å². The summed E-state index contributed by atoms with van der Waals surface area (Å²) in [5, 5.41) is 2.85. The fourth-order valence-corrected chi connectivity index (χ4v) is 3.65. The fraction of sp³-hybridized carbons (Fsp3) is 0.333. The van der Waals surface area contributed by atoms with Crippen LogP contribution in [0.1, 0.15) is 66.4 Å². The van der Waals surface area contributed by atoms with Gasteiger partial charge in [-0.1, -0.05) is 55.8 Å². The molecule has 1 atom stereocenters. The minimum absolute atomic E-state index is 0.0674. The Balaban J connectivity index is 1.69. The number of carbonyl (C=O) groups excluding carboxylic acids is 2. The van der Waals surface area contributed by atoms with Gasteiger partial charge in [-0.05, 0) is 55.2 Å². The number of unbranched alkanes of at least 4 members (excludes halogenated alkanes) is 1. The monoisotopic (exact) mass is 432 g/mol. The molecule has 32 heavy (non-hydrogen) atoms. The van der Waals surface area contributed by atoms with Gasteiger partial charge in [0.1, 0.15) is 5.76 Å². The maximum absolute atomic E-state index is 13.4. The van der Waals surface area contributed by atoms with Gasteiger partial charge in [-0.2, -0.15) is 0 Å². The normalized spacial score (nSPS) is 11.7. The number of carbonyl (C=O) groups is 2. The first-order valence-electron chi connectivity index (χ1n) is 11.3. The molecule has 1 heterocycles. The zero-order chi connectivity index (χ0) is 22.8. The topological polar surface area (TPSA) is 62.6 Å². The van der Waals surface area contributed by atoms with Crippen LogP contribution in [0.15, 0.2) is 77.4 Å². The van der Waals surface area contributed by atoms with Crippen LogP contribution in [0.3, 0.4) is 0 Å². The number of nitrogens with one attached hydrogen (secondary N) is 1. The highest BCUT2D eigenvalue weighted by Crippen LogP contribution is 2.23. The maximum atomic E-state index is 13.4. The lowest BCUT2D eigenvalue weighted by molar-refractivity contribution is -0.121. The third kappa shape index (κ3) is 6.58. The van der Waals surface area contributed by atoms with Crippen molar-refractivity contribution in [1.82, 2.24) is 10.2 Å². The molecule has 0 aliphatic heterocycles. The Morgan fingerprint density at radius 2 is 1.75 bits per heavy atom. The van der Waals surface area contributed by atoms with Crippen molar-refractivity contribution in [3.63, 3.8) is 0 Å². The van der Waals surface area contributed by atoms with Crippen molar-refractivity contribution in [1.29, 1.82) is 0 Å². The van der Waals surface area contributed by atoms with E-state index in [1.165, 1.54) is 5.56 Å². The largest absolute Gasteiger partial charge is 0.467 e. The van der Waals surface area contributed by atoms with E-state index in [2.05, 4.69) is 12.2 Å². The van der Waals surface area contributed by atoms with E-state index in [4.69, 9.17) is 4.42 Å². The lowest BCUT2D eigenvalue weighted by atomic mass is 10.0. The van der Waals surface area contributed by atoms with E-state index in [1.54, 1.807) is 17.2 Å². The molecule has 1 unspecified atom stereocenters. The molecule has 0 aliphatic carbocycles. The average Bonchev–Trinajstić information content (AvgIpc) is 3.36. The first-order chi connectivity index (χ1) is 15.6. The van der Waals surface area contributed by atoms with Gasteiger partial charge in [-0.15, -0.1) is 0 Å². The molecular weight excluding hydrogens is 400 g/mol. The molecule has 0 fully saturated rings. The lowest BCUT2D eigenvalue weighted by Crippen LogP contribution is -2.37. The highest BCUT2D eigenvalue weighted by atomic mass is 16.3. The van der Waals surface area contributed by atoms with Gasteiger partial charge in [0.25, 0.3) is 5.91 Å². The third-order valence-corrected chi connectivity index (χ3v) is 5.65. The third-order valence-electron chi connectivity index (χ3n) is 5.65. The number of aryl methyl sites for hydroxylation is 1. The van der Waals surface area contributed by atoms with Crippen LogP contribution in [-0.4, -0.2) is 23.3 Å². The quantitative estimate of drug-likeness (QED) is 0.433. The number of rotatable bonds is 11. The van der Waals surface area contributed by atoms with Crippen molar-refractivity contribution < 1.29 is 14.0 Å². The van der Waals surface area contributed by atoms with Crippen LogP contribution in [0.2, 0.25) is 0 Å². The van der Waals surface area contributed by atoms with Gasteiger partial charge in [-0.3, -0.25) is 9.59 Å². The Hall–Kier alpha value is -3.34. The van der Waals surface area contributed by atoms with Gasteiger partial charge in [-0.25, -0.2) is 0 Å². The van der Waals surface area contributed by atoms with E-state index < -0.39 is 0 Å². The molecule has 3 rings (SSSR count). The predicted molar refractivity (Wildman–Crippen MR) is 126 cm³/mol. The van der Waals surface area contributed by atoms with Gasteiger partial charge >= 0.3 is 0 Å². The van der Waals surface area contributed by atoms with Gasteiger partial charge in [0.15, 0.2) is 0 Å². The average molecular weight is 433 g/mol. The molecule has 0 bridgehead atoms. The van der Waals surface area contributed by atoms with Crippen LogP contribution in [0.5, 0.6) is 0 Å².